The first-order valence-electron chi connectivity index (χ1n) is 6.64. The average molecular weight is 304 g/mol. The molecule has 3 nitrogen and oxygen atoms in total. The van der Waals surface area contributed by atoms with Gasteiger partial charge in [0.25, 0.3) is 5.91 Å². The van der Waals surface area contributed by atoms with Gasteiger partial charge in [-0.2, -0.15) is 13.2 Å². The van der Waals surface area contributed by atoms with Gasteiger partial charge in [0, 0.05) is 19.1 Å². The summed E-state index contributed by atoms with van der Waals surface area (Å²) in [6.07, 6.45) is -4.12. The number of alkyl halides is 3. The number of carbonyl (C=O) groups is 1. The first-order chi connectivity index (χ1) is 9.77. The predicted octanol–water partition coefficient (Wildman–Crippen LogP) is 2.65. The van der Waals surface area contributed by atoms with E-state index in [1.807, 2.05) is 6.92 Å². The first kappa shape index (κ1) is 15.8. The molecule has 2 atom stereocenters. The molecule has 1 aliphatic heterocycles. The Morgan fingerprint density at radius 3 is 2.67 bits per heavy atom. The molecule has 1 fully saturated rings. The Morgan fingerprint density at radius 1 is 1.43 bits per heavy atom. The Balaban J connectivity index is 2.37. The fourth-order valence-corrected chi connectivity index (χ4v) is 2.69. The summed E-state index contributed by atoms with van der Waals surface area (Å²) in [5, 5.41) is 0. The lowest BCUT2D eigenvalue weighted by Crippen LogP contribution is -2.42. The third-order valence-corrected chi connectivity index (χ3v) is 3.92. The van der Waals surface area contributed by atoms with Crippen LogP contribution in [0.4, 0.5) is 17.6 Å². The molecule has 1 aromatic rings. The van der Waals surface area contributed by atoms with Crippen molar-refractivity contribution < 1.29 is 22.4 Å². The van der Waals surface area contributed by atoms with Gasteiger partial charge in [-0.05, 0) is 24.5 Å². The number of hydrogen-bond donors (Lipinski definition) is 1. The van der Waals surface area contributed by atoms with Crippen LogP contribution in [0.1, 0.15) is 29.3 Å². The van der Waals surface area contributed by atoms with E-state index in [0.29, 0.717) is 19.0 Å². The van der Waals surface area contributed by atoms with Crippen molar-refractivity contribution in [3.05, 3.63) is 35.1 Å². The molecule has 1 aromatic carbocycles. The molecule has 21 heavy (non-hydrogen) atoms. The molecular weight excluding hydrogens is 288 g/mol. The zero-order chi connectivity index (χ0) is 15.8. The smallest absolute Gasteiger partial charge is 0.334 e. The second-order valence-corrected chi connectivity index (χ2v) is 5.23. The van der Waals surface area contributed by atoms with Crippen LogP contribution in [-0.2, 0) is 6.18 Å². The maximum atomic E-state index is 14.0. The van der Waals surface area contributed by atoms with Gasteiger partial charge < -0.3 is 10.6 Å². The molecule has 7 heteroatoms. The van der Waals surface area contributed by atoms with Crippen LogP contribution >= 0.6 is 0 Å². The summed E-state index contributed by atoms with van der Waals surface area (Å²) in [6.45, 7) is 2.48. The first-order valence-corrected chi connectivity index (χ1v) is 6.64. The molecule has 0 spiro atoms. The van der Waals surface area contributed by atoms with Gasteiger partial charge in [-0.3, -0.25) is 4.79 Å². The maximum Gasteiger partial charge on any atom is 0.419 e. The fraction of sp³-hybridized carbons (Fsp3) is 0.500. The lowest BCUT2D eigenvalue weighted by atomic mass is 10.0. The highest BCUT2D eigenvalue weighted by Crippen LogP contribution is 2.33. The van der Waals surface area contributed by atoms with Gasteiger partial charge in [-0.15, -0.1) is 0 Å². The van der Waals surface area contributed by atoms with E-state index in [0.717, 1.165) is 12.1 Å². The summed E-state index contributed by atoms with van der Waals surface area (Å²) in [5.41, 5.74) is 3.62. The molecule has 0 aliphatic carbocycles. The van der Waals surface area contributed by atoms with Crippen LogP contribution in [0, 0.1) is 11.7 Å². The molecular formula is C14H16F4N2O. The lowest BCUT2D eigenvalue weighted by Gasteiger charge is -2.26. The van der Waals surface area contributed by atoms with Gasteiger partial charge in [0.05, 0.1) is 11.1 Å². The van der Waals surface area contributed by atoms with Crippen molar-refractivity contribution in [1.82, 2.24) is 4.90 Å². The number of nitrogens with zero attached hydrogens (tertiary/aromatic N) is 1. The number of amides is 1. The van der Waals surface area contributed by atoms with Crippen LogP contribution in [-0.4, -0.2) is 29.9 Å². The summed E-state index contributed by atoms with van der Waals surface area (Å²) in [7, 11) is 0. The number of carbonyl (C=O) groups excluding carboxylic acids is 1. The molecule has 116 valence electrons. The largest absolute Gasteiger partial charge is 0.419 e. The van der Waals surface area contributed by atoms with Gasteiger partial charge >= 0.3 is 6.18 Å². The average Bonchev–Trinajstić information content (AvgIpc) is 2.78. The lowest BCUT2D eigenvalue weighted by molar-refractivity contribution is -0.140. The van der Waals surface area contributed by atoms with Gasteiger partial charge in [0.1, 0.15) is 5.82 Å². The van der Waals surface area contributed by atoms with Crippen LogP contribution in [0.15, 0.2) is 18.2 Å². The third-order valence-electron chi connectivity index (χ3n) is 3.92. The summed E-state index contributed by atoms with van der Waals surface area (Å²) >= 11 is 0. The van der Waals surface area contributed by atoms with Gasteiger partial charge in [-0.25, -0.2) is 4.39 Å². The molecule has 1 amide bonds. The van der Waals surface area contributed by atoms with Crippen molar-refractivity contribution in [3.8, 4) is 0 Å². The minimum atomic E-state index is -4.83. The van der Waals surface area contributed by atoms with E-state index in [1.54, 1.807) is 0 Å². The van der Waals surface area contributed by atoms with E-state index in [2.05, 4.69) is 0 Å². The number of halogens is 4. The fourth-order valence-electron chi connectivity index (χ4n) is 2.69. The molecule has 1 aliphatic rings. The van der Waals surface area contributed by atoms with E-state index in [1.165, 1.54) is 4.90 Å². The van der Waals surface area contributed by atoms with E-state index < -0.39 is 29.0 Å². The van der Waals surface area contributed by atoms with E-state index >= 15 is 0 Å². The Labute approximate surface area is 119 Å². The topological polar surface area (TPSA) is 46.3 Å². The zero-order valence-corrected chi connectivity index (χ0v) is 11.5. The maximum absolute atomic E-state index is 14.0. The number of likely N-dealkylation sites (tertiary alicyclic amines) is 1. The van der Waals surface area contributed by atoms with Gasteiger partial charge in [0.15, 0.2) is 0 Å². The Morgan fingerprint density at radius 2 is 2.10 bits per heavy atom. The van der Waals surface area contributed by atoms with Crippen LogP contribution < -0.4 is 5.73 Å². The van der Waals surface area contributed by atoms with Crippen molar-refractivity contribution in [3.63, 3.8) is 0 Å². The molecule has 2 N–H and O–H groups in total. The minimum absolute atomic E-state index is 0.146. The molecule has 2 rings (SSSR count). The van der Waals surface area contributed by atoms with Gasteiger partial charge in [-0.1, -0.05) is 13.0 Å². The Hall–Kier alpha value is -1.63. The van der Waals surface area contributed by atoms with Crippen molar-refractivity contribution >= 4 is 5.91 Å². The highest BCUT2D eigenvalue weighted by Gasteiger charge is 2.38. The summed E-state index contributed by atoms with van der Waals surface area (Å²) in [6, 6.07) is 2.46. The molecule has 0 radical (unpaired) electrons. The molecule has 0 saturated carbocycles. The highest BCUT2D eigenvalue weighted by molar-refractivity contribution is 5.95. The van der Waals surface area contributed by atoms with Crippen molar-refractivity contribution in [2.75, 3.05) is 13.1 Å². The molecule has 1 saturated heterocycles. The Kier molecular flexibility index (Phi) is 4.22. The Bertz CT molecular complexity index is 544. The summed E-state index contributed by atoms with van der Waals surface area (Å²) < 4.78 is 52.1. The van der Waals surface area contributed by atoms with Crippen LogP contribution in [0.25, 0.3) is 0 Å². The van der Waals surface area contributed by atoms with Crippen LogP contribution in [0.5, 0.6) is 0 Å². The zero-order valence-electron chi connectivity index (χ0n) is 11.5. The molecule has 1 heterocycles. The predicted molar refractivity (Wildman–Crippen MR) is 69.1 cm³/mol. The van der Waals surface area contributed by atoms with E-state index in [-0.39, 0.29) is 18.5 Å². The third kappa shape index (κ3) is 2.88. The van der Waals surface area contributed by atoms with Crippen LogP contribution in [0.2, 0.25) is 0 Å². The van der Waals surface area contributed by atoms with Crippen molar-refractivity contribution in [1.29, 1.82) is 0 Å². The highest BCUT2D eigenvalue weighted by atomic mass is 19.4. The van der Waals surface area contributed by atoms with E-state index in [4.69, 9.17) is 5.73 Å². The number of rotatable bonds is 2. The molecule has 0 bridgehead atoms. The summed E-state index contributed by atoms with van der Waals surface area (Å²) in [5.74, 6) is -2.11. The number of nitrogens with two attached hydrogens (primary N) is 1. The van der Waals surface area contributed by atoms with Crippen molar-refractivity contribution in [2.24, 2.45) is 11.7 Å². The summed E-state index contributed by atoms with van der Waals surface area (Å²) in [4.78, 5) is 13.7. The van der Waals surface area contributed by atoms with Crippen molar-refractivity contribution in [2.45, 2.75) is 25.6 Å². The molecule has 2 unspecified atom stereocenters. The molecule has 0 aromatic heterocycles. The SMILES string of the molecule is CC1CCN(C(=O)c2cccc(C(F)(F)F)c2F)C1CN. The monoisotopic (exact) mass is 304 g/mol. The van der Waals surface area contributed by atoms with E-state index in [9.17, 15) is 22.4 Å². The standard InChI is InChI=1S/C14H16F4N2O/c1-8-5-6-20(11(8)7-19)13(21)9-3-2-4-10(12(9)15)14(16,17)18/h2-4,8,11H,5-7,19H2,1H3. The second kappa shape index (κ2) is 5.63. The van der Waals surface area contributed by atoms with Gasteiger partial charge in [0.2, 0.25) is 0 Å². The minimum Gasteiger partial charge on any atom is -0.334 e. The number of benzene rings is 1. The van der Waals surface area contributed by atoms with Crippen LogP contribution in [0.3, 0.4) is 0 Å². The number of hydrogen-bond acceptors (Lipinski definition) is 2. The quantitative estimate of drug-likeness (QED) is 0.854. The normalized spacial score (nSPS) is 22.7. The second-order valence-electron chi connectivity index (χ2n) is 5.23.